The van der Waals surface area contributed by atoms with Crippen molar-refractivity contribution in [1.82, 2.24) is 9.78 Å². The predicted octanol–water partition coefficient (Wildman–Crippen LogP) is 3.69. The number of hydrogen-bond acceptors (Lipinski definition) is 5. The van der Waals surface area contributed by atoms with Gasteiger partial charge in [0.05, 0.1) is 25.1 Å². The molecule has 1 aliphatic heterocycles. The molecule has 29 heavy (non-hydrogen) atoms. The minimum Gasteiger partial charge on any atom is -0.493 e. The largest absolute Gasteiger partial charge is 0.493 e. The number of anilines is 1. The molecule has 1 N–H and O–H groups in total. The average Bonchev–Trinajstić information content (AvgIpc) is 3.43. The fourth-order valence-electron chi connectivity index (χ4n) is 3.20. The van der Waals surface area contributed by atoms with Crippen molar-refractivity contribution >= 4 is 11.6 Å². The van der Waals surface area contributed by atoms with E-state index in [1.54, 1.807) is 23.0 Å². The van der Waals surface area contributed by atoms with Crippen molar-refractivity contribution in [2.75, 3.05) is 25.6 Å². The highest BCUT2D eigenvalue weighted by Crippen LogP contribution is 2.23. The van der Waals surface area contributed by atoms with Crippen LogP contribution in [0.1, 0.15) is 23.3 Å². The van der Waals surface area contributed by atoms with E-state index in [1.165, 1.54) is 7.11 Å². The van der Waals surface area contributed by atoms with Crippen LogP contribution in [0, 0.1) is 0 Å². The highest BCUT2D eigenvalue weighted by Gasteiger charge is 2.19. The fourth-order valence-corrected chi connectivity index (χ4v) is 3.20. The van der Waals surface area contributed by atoms with Crippen LogP contribution in [0.5, 0.6) is 11.5 Å². The van der Waals surface area contributed by atoms with Gasteiger partial charge in [0.15, 0.2) is 11.4 Å². The quantitative estimate of drug-likeness (QED) is 0.663. The summed E-state index contributed by atoms with van der Waals surface area (Å²) in [6.45, 7) is 1.30. The number of hydrogen-bond donors (Lipinski definition) is 1. The molecule has 1 aliphatic rings. The normalized spacial score (nSPS) is 15.8. The molecule has 1 aromatic heterocycles. The van der Waals surface area contributed by atoms with E-state index in [-0.39, 0.29) is 17.7 Å². The Morgan fingerprint density at radius 2 is 2.10 bits per heavy atom. The number of ether oxygens (including phenoxy) is 3. The molecule has 1 fully saturated rings. The van der Waals surface area contributed by atoms with Crippen LogP contribution in [0.15, 0.2) is 60.8 Å². The third-order valence-electron chi connectivity index (χ3n) is 4.69. The summed E-state index contributed by atoms with van der Waals surface area (Å²) in [5.41, 5.74) is 1.67. The number of benzene rings is 2. The minimum atomic E-state index is -0.354. The lowest BCUT2D eigenvalue weighted by atomic mass is 10.2. The third-order valence-corrected chi connectivity index (χ3v) is 4.69. The van der Waals surface area contributed by atoms with Crippen LogP contribution in [0.2, 0.25) is 0 Å². The number of carbonyl (C=O) groups excluding carboxylic acids is 1. The van der Waals surface area contributed by atoms with Crippen molar-refractivity contribution in [2.45, 2.75) is 18.9 Å². The molecule has 0 aliphatic carbocycles. The summed E-state index contributed by atoms with van der Waals surface area (Å²) in [5.74, 6) is 0.727. The molecular formula is C22H23N3O4. The van der Waals surface area contributed by atoms with E-state index in [2.05, 4.69) is 10.4 Å². The second-order valence-electron chi connectivity index (χ2n) is 6.75. The van der Waals surface area contributed by atoms with Gasteiger partial charge >= 0.3 is 0 Å². The fraction of sp³-hybridized carbons (Fsp3) is 0.273. The molecule has 150 valence electrons. The molecule has 1 saturated heterocycles. The summed E-state index contributed by atoms with van der Waals surface area (Å²) >= 11 is 0. The first-order valence-electron chi connectivity index (χ1n) is 9.58. The number of carbonyl (C=O) groups is 1. The second kappa shape index (κ2) is 8.79. The van der Waals surface area contributed by atoms with Crippen LogP contribution in [0.25, 0.3) is 5.69 Å². The molecule has 1 atom stereocenters. The molecule has 0 radical (unpaired) electrons. The standard InChI is InChI=1S/C22H23N3O4/c1-27-20-14-25(17-8-3-2-4-9-17)24-21(20)22(26)23-16-7-5-10-18(13-16)29-15-19-11-6-12-28-19/h2-5,7-10,13-14,19H,6,11-12,15H2,1H3,(H,23,26). The Labute approximate surface area is 169 Å². The SMILES string of the molecule is COc1cn(-c2ccccc2)nc1C(=O)Nc1cccc(OCC2CCCO2)c1. The Hall–Kier alpha value is -3.32. The molecule has 1 unspecified atom stereocenters. The molecule has 2 aromatic carbocycles. The van der Waals surface area contributed by atoms with Gasteiger partial charge < -0.3 is 19.5 Å². The van der Waals surface area contributed by atoms with Crippen molar-refractivity contribution in [2.24, 2.45) is 0 Å². The zero-order valence-electron chi connectivity index (χ0n) is 16.2. The van der Waals surface area contributed by atoms with E-state index in [0.29, 0.717) is 23.8 Å². The van der Waals surface area contributed by atoms with E-state index in [0.717, 1.165) is 25.1 Å². The van der Waals surface area contributed by atoms with Crippen LogP contribution in [-0.4, -0.2) is 42.1 Å². The molecule has 7 nitrogen and oxygen atoms in total. The van der Waals surface area contributed by atoms with Gasteiger partial charge in [-0.25, -0.2) is 4.68 Å². The summed E-state index contributed by atoms with van der Waals surface area (Å²) < 4.78 is 18.3. The Balaban J connectivity index is 1.46. The van der Waals surface area contributed by atoms with Crippen LogP contribution < -0.4 is 14.8 Å². The summed E-state index contributed by atoms with van der Waals surface area (Å²) in [7, 11) is 1.52. The van der Waals surface area contributed by atoms with Gasteiger partial charge in [0.2, 0.25) is 0 Å². The number of methoxy groups -OCH3 is 1. The van der Waals surface area contributed by atoms with Gasteiger partial charge in [0.25, 0.3) is 5.91 Å². The van der Waals surface area contributed by atoms with Crippen molar-refractivity contribution in [3.8, 4) is 17.2 Å². The zero-order valence-corrected chi connectivity index (χ0v) is 16.2. The molecule has 1 amide bonds. The van der Waals surface area contributed by atoms with Gasteiger partial charge in [0, 0.05) is 18.4 Å². The van der Waals surface area contributed by atoms with Crippen LogP contribution >= 0.6 is 0 Å². The third kappa shape index (κ3) is 4.57. The van der Waals surface area contributed by atoms with Gasteiger partial charge in [-0.3, -0.25) is 4.79 Å². The second-order valence-corrected chi connectivity index (χ2v) is 6.75. The van der Waals surface area contributed by atoms with E-state index < -0.39 is 0 Å². The van der Waals surface area contributed by atoms with Crippen molar-refractivity contribution in [1.29, 1.82) is 0 Å². The maximum absolute atomic E-state index is 12.8. The number of aromatic nitrogens is 2. The maximum Gasteiger partial charge on any atom is 0.280 e. The Bertz CT molecular complexity index is 965. The van der Waals surface area contributed by atoms with Crippen LogP contribution in [0.3, 0.4) is 0 Å². The molecular weight excluding hydrogens is 370 g/mol. The lowest BCUT2D eigenvalue weighted by Crippen LogP contribution is -2.17. The first kappa shape index (κ1) is 19.0. The van der Waals surface area contributed by atoms with E-state index >= 15 is 0 Å². The first-order chi connectivity index (χ1) is 14.2. The lowest BCUT2D eigenvalue weighted by molar-refractivity contribution is 0.0680. The summed E-state index contributed by atoms with van der Waals surface area (Å²) in [6.07, 6.45) is 3.91. The molecule has 4 rings (SSSR count). The van der Waals surface area contributed by atoms with Crippen molar-refractivity contribution in [3.05, 3.63) is 66.5 Å². The van der Waals surface area contributed by atoms with Crippen LogP contribution in [-0.2, 0) is 4.74 Å². The van der Waals surface area contributed by atoms with Crippen molar-refractivity contribution in [3.63, 3.8) is 0 Å². The van der Waals surface area contributed by atoms with E-state index in [4.69, 9.17) is 14.2 Å². The van der Waals surface area contributed by atoms with E-state index in [9.17, 15) is 4.79 Å². The van der Waals surface area contributed by atoms with Crippen LogP contribution in [0.4, 0.5) is 5.69 Å². The van der Waals surface area contributed by atoms with Gasteiger partial charge in [-0.2, -0.15) is 5.10 Å². The predicted molar refractivity (Wildman–Crippen MR) is 109 cm³/mol. The zero-order chi connectivity index (χ0) is 20.1. The van der Waals surface area contributed by atoms with Gasteiger partial charge in [-0.1, -0.05) is 24.3 Å². The molecule has 0 bridgehead atoms. The van der Waals surface area contributed by atoms with Crippen molar-refractivity contribution < 1.29 is 19.0 Å². The number of para-hydroxylation sites is 1. The minimum absolute atomic E-state index is 0.138. The number of rotatable bonds is 7. The Kier molecular flexibility index (Phi) is 5.76. The van der Waals surface area contributed by atoms with E-state index in [1.807, 2.05) is 42.5 Å². The molecule has 3 aromatic rings. The molecule has 7 heteroatoms. The average molecular weight is 393 g/mol. The first-order valence-corrected chi connectivity index (χ1v) is 9.58. The Morgan fingerprint density at radius 1 is 1.24 bits per heavy atom. The highest BCUT2D eigenvalue weighted by atomic mass is 16.5. The van der Waals surface area contributed by atoms with Gasteiger partial charge in [-0.05, 0) is 37.1 Å². The molecule has 0 saturated carbocycles. The van der Waals surface area contributed by atoms with Gasteiger partial charge in [0.1, 0.15) is 12.4 Å². The van der Waals surface area contributed by atoms with Gasteiger partial charge in [-0.15, -0.1) is 0 Å². The molecule has 0 spiro atoms. The number of nitrogens with one attached hydrogen (secondary N) is 1. The maximum atomic E-state index is 12.8. The smallest absolute Gasteiger partial charge is 0.280 e. The summed E-state index contributed by atoms with van der Waals surface area (Å²) in [4.78, 5) is 12.8. The monoisotopic (exact) mass is 393 g/mol. The highest BCUT2D eigenvalue weighted by molar-refractivity contribution is 6.04. The molecule has 2 heterocycles. The summed E-state index contributed by atoms with van der Waals surface area (Å²) in [5, 5.41) is 7.25. The summed E-state index contributed by atoms with van der Waals surface area (Å²) in [6, 6.07) is 16.8. The Morgan fingerprint density at radius 3 is 2.86 bits per heavy atom. The topological polar surface area (TPSA) is 74.6 Å². The number of nitrogens with zero attached hydrogens (tertiary/aromatic N) is 2. The lowest BCUT2D eigenvalue weighted by Gasteiger charge is -2.12. The number of amides is 1.